The van der Waals surface area contributed by atoms with E-state index in [2.05, 4.69) is 67.8 Å². The van der Waals surface area contributed by atoms with Crippen LogP contribution < -0.4 is 5.32 Å². The molecule has 0 spiro atoms. The summed E-state index contributed by atoms with van der Waals surface area (Å²) in [6.45, 7) is 4.09. The second-order valence-corrected chi connectivity index (χ2v) is 23.8. The number of allylic oxidation sites excluding steroid dienone is 8. The predicted octanol–water partition coefficient (Wildman–Crippen LogP) is 21.3. The van der Waals surface area contributed by atoms with Crippen LogP contribution in [0.2, 0.25) is 0 Å². The Bertz CT molecular complexity index is 1260. The van der Waals surface area contributed by atoms with Gasteiger partial charge in [0, 0.05) is 0 Å². The van der Waals surface area contributed by atoms with Crippen LogP contribution in [0.25, 0.3) is 0 Å². The van der Waals surface area contributed by atoms with Crippen molar-refractivity contribution in [3.05, 3.63) is 48.6 Å². The average molecular weight is 1080 g/mol. The van der Waals surface area contributed by atoms with E-state index in [1.54, 1.807) is 0 Å². The van der Waals surface area contributed by atoms with Crippen molar-refractivity contribution in [2.75, 3.05) is 6.61 Å². The van der Waals surface area contributed by atoms with Crippen LogP contribution in [0.15, 0.2) is 48.6 Å². The van der Waals surface area contributed by atoms with Crippen molar-refractivity contribution in [3.63, 3.8) is 0 Å². The lowest BCUT2D eigenvalue weighted by molar-refractivity contribution is -0.132. The van der Waals surface area contributed by atoms with E-state index in [0.29, 0.717) is 19.3 Å². The third-order valence-corrected chi connectivity index (χ3v) is 16.2. The number of aliphatic hydroxyl groups is 4. The summed E-state index contributed by atoms with van der Waals surface area (Å²) < 4.78 is 0. The number of aliphatic hydroxyl groups excluding tert-OH is 4. The molecule has 0 heterocycles. The van der Waals surface area contributed by atoms with Crippen molar-refractivity contribution >= 4 is 5.91 Å². The van der Waals surface area contributed by atoms with Crippen molar-refractivity contribution in [1.82, 2.24) is 5.32 Å². The molecule has 0 bridgehead atoms. The van der Waals surface area contributed by atoms with Gasteiger partial charge in [0.15, 0.2) is 0 Å². The highest BCUT2D eigenvalue weighted by atomic mass is 16.3. The molecular formula is C71H135NO5. The first-order valence-electron chi connectivity index (χ1n) is 34.5. The molecule has 0 fully saturated rings. The van der Waals surface area contributed by atoms with Gasteiger partial charge in [-0.1, -0.05) is 326 Å². The minimum absolute atomic E-state index is 0.360. The maximum Gasteiger partial charge on any atom is 0.249 e. The molecule has 77 heavy (non-hydrogen) atoms. The Balaban J connectivity index is 3.61. The minimum atomic E-state index is -1.30. The molecule has 1 amide bonds. The molecule has 4 unspecified atom stereocenters. The van der Waals surface area contributed by atoms with Gasteiger partial charge in [-0.25, -0.2) is 0 Å². The predicted molar refractivity (Wildman–Crippen MR) is 339 cm³/mol. The lowest BCUT2D eigenvalue weighted by Gasteiger charge is -2.27. The standard InChI is InChI=1S/C71H135NO5/c1-3-5-7-9-11-13-15-17-19-21-23-25-27-29-31-32-33-34-35-36-37-39-41-43-45-47-49-51-53-55-57-59-61-63-65-69(75)71(77)72-67(66-73)70(76)68(74)64-62-60-58-56-54-52-50-48-46-44-42-40-38-30-28-26-24-22-20-18-16-14-12-10-8-6-4-2/h32-33,40,42,48,50,56,58,67-70,73-76H,3-31,34-39,41,43-47,49,51-55,57,59-66H2,1-2H3,(H,72,77)/b33-32-,42-40+,50-48+,58-56+. The number of carbonyl (C=O) groups excluding carboxylic acids is 1. The van der Waals surface area contributed by atoms with Gasteiger partial charge in [-0.15, -0.1) is 0 Å². The van der Waals surface area contributed by atoms with Crippen LogP contribution in [0.1, 0.15) is 367 Å². The van der Waals surface area contributed by atoms with E-state index >= 15 is 0 Å². The molecule has 0 aliphatic rings. The SMILES string of the molecule is CCCCCCCCCCCCCCCC/C=C\CCCCCCCCCCCCCCCCCCC(O)C(=O)NC(CO)C(O)C(O)CCC/C=C/CC/C=C/CC/C=C/CCCCCCCCCCCCCCCC. The third-order valence-electron chi connectivity index (χ3n) is 16.2. The van der Waals surface area contributed by atoms with E-state index in [1.807, 2.05) is 0 Å². The van der Waals surface area contributed by atoms with Gasteiger partial charge in [-0.05, 0) is 89.9 Å². The summed E-state index contributed by atoms with van der Waals surface area (Å²) in [6, 6.07) is -1.01. The quantitative estimate of drug-likeness (QED) is 0.0308. The molecule has 6 heteroatoms. The van der Waals surface area contributed by atoms with Gasteiger partial charge in [0.25, 0.3) is 0 Å². The molecule has 0 aliphatic carbocycles. The van der Waals surface area contributed by atoms with E-state index in [1.165, 1.54) is 283 Å². The highest BCUT2D eigenvalue weighted by Gasteiger charge is 2.28. The highest BCUT2D eigenvalue weighted by Crippen LogP contribution is 2.18. The lowest BCUT2D eigenvalue weighted by atomic mass is 10.00. The zero-order valence-electron chi connectivity index (χ0n) is 51.7. The number of rotatable bonds is 64. The molecule has 0 saturated carbocycles. The summed E-state index contributed by atoms with van der Waals surface area (Å²) in [5.41, 5.74) is 0. The number of amides is 1. The second kappa shape index (κ2) is 65.1. The first-order chi connectivity index (χ1) is 38.0. The molecule has 6 nitrogen and oxygen atoms in total. The van der Waals surface area contributed by atoms with Gasteiger partial charge in [-0.3, -0.25) is 4.79 Å². The van der Waals surface area contributed by atoms with Crippen LogP contribution in [-0.4, -0.2) is 57.3 Å². The van der Waals surface area contributed by atoms with Crippen LogP contribution in [0.4, 0.5) is 0 Å². The highest BCUT2D eigenvalue weighted by molar-refractivity contribution is 5.80. The molecule has 0 saturated heterocycles. The molecule has 0 aromatic rings. The topological polar surface area (TPSA) is 110 Å². The van der Waals surface area contributed by atoms with Crippen LogP contribution in [0.5, 0.6) is 0 Å². The fourth-order valence-electron chi connectivity index (χ4n) is 10.8. The van der Waals surface area contributed by atoms with Gasteiger partial charge < -0.3 is 25.7 Å². The molecule has 454 valence electrons. The van der Waals surface area contributed by atoms with Crippen LogP contribution in [-0.2, 0) is 4.79 Å². The normalized spacial score (nSPS) is 13.8. The average Bonchev–Trinajstić information content (AvgIpc) is 3.43. The minimum Gasteiger partial charge on any atom is -0.394 e. The third kappa shape index (κ3) is 58.7. The van der Waals surface area contributed by atoms with Crippen molar-refractivity contribution in [3.8, 4) is 0 Å². The van der Waals surface area contributed by atoms with E-state index in [4.69, 9.17) is 0 Å². The maximum atomic E-state index is 12.7. The van der Waals surface area contributed by atoms with E-state index in [9.17, 15) is 25.2 Å². The summed E-state index contributed by atoms with van der Waals surface area (Å²) in [5, 5.41) is 44.1. The fourth-order valence-corrected chi connectivity index (χ4v) is 10.8. The molecule has 0 radical (unpaired) electrons. The summed E-state index contributed by atoms with van der Waals surface area (Å²) in [7, 11) is 0. The first kappa shape index (κ1) is 75.3. The molecule has 0 aliphatic heterocycles. The van der Waals surface area contributed by atoms with Gasteiger partial charge in [0.1, 0.15) is 12.2 Å². The Morgan fingerprint density at radius 2 is 0.545 bits per heavy atom. The Hall–Kier alpha value is -1.73. The number of hydrogen-bond acceptors (Lipinski definition) is 5. The largest absolute Gasteiger partial charge is 0.394 e. The Morgan fingerprint density at radius 1 is 0.312 bits per heavy atom. The van der Waals surface area contributed by atoms with Crippen molar-refractivity contribution < 1.29 is 25.2 Å². The first-order valence-corrected chi connectivity index (χ1v) is 34.5. The van der Waals surface area contributed by atoms with Crippen LogP contribution >= 0.6 is 0 Å². The number of hydrogen-bond donors (Lipinski definition) is 5. The maximum absolute atomic E-state index is 12.7. The number of carbonyl (C=O) groups is 1. The monoisotopic (exact) mass is 1080 g/mol. The van der Waals surface area contributed by atoms with Gasteiger partial charge in [0.2, 0.25) is 5.91 Å². The van der Waals surface area contributed by atoms with Crippen LogP contribution in [0.3, 0.4) is 0 Å². The van der Waals surface area contributed by atoms with Crippen LogP contribution in [0, 0.1) is 0 Å². The molecule has 0 rings (SSSR count). The van der Waals surface area contributed by atoms with Crippen molar-refractivity contribution in [2.45, 2.75) is 391 Å². The Labute approximate surface area is 480 Å². The Kier molecular flexibility index (Phi) is 63.6. The van der Waals surface area contributed by atoms with E-state index in [-0.39, 0.29) is 0 Å². The van der Waals surface area contributed by atoms with Crippen molar-refractivity contribution in [1.29, 1.82) is 0 Å². The molecule has 0 aromatic carbocycles. The number of nitrogens with one attached hydrogen (secondary N) is 1. The molecule has 5 N–H and O–H groups in total. The molecule has 0 aromatic heterocycles. The zero-order valence-corrected chi connectivity index (χ0v) is 51.7. The molecule has 4 atom stereocenters. The lowest BCUT2D eigenvalue weighted by Crippen LogP contribution is -2.53. The molecular weight excluding hydrogens is 947 g/mol. The van der Waals surface area contributed by atoms with Gasteiger partial charge >= 0.3 is 0 Å². The summed E-state index contributed by atoms with van der Waals surface area (Å²) in [6.07, 6.45) is 85.2. The Morgan fingerprint density at radius 3 is 0.818 bits per heavy atom. The van der Waals surface area contributed by atoms with E-state index in [0.717, 1.165) is 51.4 Å². The second-order valence-electron chi connectivity index (χ2n) is 23.8. The summed E-state index contributed by atoms with van der Waals surface area (Å²) in [5.74, 6) is -0.595. The summed E-state index contributed by atoms with van der Waals surface area (Å²) in [4.78, 5) is 12.7. The fraction of sp³-hybridized carbons (Fsp3) is 0.873. The summed E-state index contributed by atoms with van der Waals surface area (Å²) >= 11 is 0. The number of unbranched alkanes of at least 4 members (excludes halogenated alkanes) is 47. The van der Waals surface area contributed by atoms with Crippen molar-refractivity contribution in [2.24, 2.45) is 0 Å². The van der Waals surface area contributed by atoms with E-state index < -0.39 is 36.9 Å². The van der Waals surface area contributed by atoms with Gasteiger partial charge in [0.05, 0.1) is 18.8 Å². The zero-order chi connectivity index (χ0) is 55.8. The smallest absolute Gasteiger partial charge is 0.249 e. The van der Waals surface area contributed by atoms with Gasteiger partial charge in [-0.2, -0.15) is 0 Å².